The predicted octanol–water partition coefficient (Wildman–Crippen LogP) is 3.07. The van der Waals surface area contributed by atoms with Gasteiger partial charge in [0.15, 0.2) is 0 Å². The molecule has 2 atom stereocenters. The molecule has 0 bridgehead atoms. The Morgan fingerprint density at radius 2 is 1.89 bits per heavy atom. The monoisotopic (exact) mass is 263 g/mol. The van der Waals surface area contributed by atoms with E-state index in [4.69, 9.17) is 9.47 Å². The highest BCUT2D eigenvalue weighted by molar-refractivity contribution is 5.70. The topological polar surface area (TPSA) is 38.8 Å². The van der Waals surface area contributed by atoms with Gasteiger partial charge >= 0.3 is 6.09 Å². The van der Waals surface area contributed by atoms with Crippen LogP contribution >= 0.6 is 0 Å². The molecule has 0 aromatic heterocycles. The van der Waals surface area contributed by atoms with Gasteiger partial charge in [0.05, 0.1) is 12.6 Å². The van der Waals surface area contributed by atoms with E-state index in [-0.39, 0.29) is 18.2 Å². The van der Waals surface area contributed by atoms with Crippen LogP contribution in [0.5, 0.6) is 5.75 Å². The molecule has 4 heteroatoms. The fourth-order valence-corrected chi connectivity index (χ4v) is 1.95. The summed E-state index contributed by atoms with van der Waals surface area (Å²) in [6.45, 7) is 8.15. The Morgan fingerprint density at radius 1 is 1.26 bits per heavy atom. The maximum absolute atomic E-state index is 11.9. The summed E-state index contributed by atoms with van der Waals surface area (Å²) in [7, 11) is 0. The number of nitrogens with zero attached hydrogens (tertiary/aromatic N) is 1. The lowest BCUT2D eigenvalue weighted by atomic mass is 10.0. The Morgan fingerprint density at radius 3 is 2.42 bits per heavy atom. The maximum Gasteiger partial charge on any atom is 0.410 e. The second-order valence-corrected chi connectivity index (χ2v) is 5.84. The van der Waals surface area contributed by atoms with Crippen LogP contribution in [-0.2, 0) is 4.74 Å². The Hall–Kier alpha value is -1.71. The number of amides is 1. The van der Waals surface area contributed by atoms with Crippen molar-refractivity contribution in [1.82, 2.24) is 4.90 Å². The lowest BCUT2D eigenvalue weighted by molar-refractivity contribution is -0.0536. The third-order valence-corrected chi connectivity index (χ3v) is 3.06. The molecule has 1 heterocycles. The van der Waals surface area contributed by atoms with Crippen molar-refractivity contribution in [3.8, 4) is 5.75 Å². The Balaban J connectivity index is 1.86. The van der Waals surface area contributed by atoms with Crippen LogP contribution in [0.4, 0.5) is 4.79 Å². The molecule has 0 radical (unpaired) electrons. The van der Waals surface area contributed by atoms with Crippen LogP contribution in [0.15, 0.2) is 30.3 Å². The molecular formula is C15H21NO3. The van der Waals surface area contributed by atoms with Gasteiger partial charge in [-0.2, -0.15) is 0 Å². The highest BCUT2D eigenvalue weighted by Crippen LogP contribution is 2.25. The van der Waals surface area contributed by atoms with Gasteiger partial charge in [0, 0.05) is 0 Å². The molecule has 1 amide bonds. The number of carbonyl (C=O) groups is 1. The highest BCUT2D eigenvalue weighted by Gasteiger charge is 2.42. The minimum absolute atomic E-state index is 0.0370. The molecule has 0 N–H and O–H groups in total. The Kier molecular flexibility index (Phi) is 3.69. The van der Waals surface area contributed by atoms with Crippen molar-refractivity contribution in [2.75, 3.05) is 6.54 Å². The van der Waals surface area contributed by atoms with E-state index in [1.807, 2.05) is 58.0 Å². The fourth-order valence-electron chi connectivity index (χ4n) is 1.95. The van der Waals surface area contributed by atoms with E-state index < -0.39 is 5.60 Å². The number of benzene rings is 1. The second kappa shape index (κ2) is 5.11. The van der Waals surface area contributed by atoms with Crippen molar-refractivity contribution >= 4 is 6.09 Å². The minimum atomic E-state index is -0.456. The molecular weight excluding hydrogens is 242 g/mol. The van der Waals surface area contributed by atoms with Crippen molar-refractivity contribution in [2.45, 2.75) is 45.4 Å². The normalized spacial score (nSPS) is 22.6. The molecule has 19 heavy (non-hydrogen) atoms. The molecule has 0 unspecified atom stereocenters. The number of ether oxygens (including phenoxy) is 2. The number of hydrogen-bond acceptors (Lipinski definition) is 3. The van der Waals surface area contributed by atoms with E-state index in [0.717, 1.165) is 5.75 Å². The summed E-state index contributed by atoms with van der Waals surface area (Å²) in [5.74, 6) is 0.836. The lowest BCUT2D eigenvalue weighted by Crippen LogP contribution is -2.63. The zero-order chi connectivity index (χ0) is 14.0. The van der Waals surface area contributed by atoms with Crippen molar-refractivity contribution in [3.63, 3.8) is 0 Å². The third-order valence-electron chi connectivity index (χ3n) is 3.06. The molecule has 0 spiro atoms. The van der Waals surface area contributed by atoms with Crippen LogP contribution in [0.1, 0.15) is 27.7 Å². The summed E-state index contributed by atoms with van der Waals surface area (Å²) in [5.41, 5.74) is -0.456. The van der Waals surface area contributed by atoms with Crippen LogP contribution in [0, 0.1) is 0 Å². The van der Waals surface area contributed by atoms with Crippen LogP contribution in [-0.4, -0.2) is 35.3 Å². The van der Waals surface area contributed by atoms with Crippen LogP contribution in [0.25, 0.3) is 0 Å². The molecule has 4 nitrogen and oxygen atoms in total. The van der Waals surface area contributed by atoms with Crippen molar-refractivity contribution in [3.05, 3.63) is 30.3 Å². The van der Waals surface area contributed by atoms with Gasteiger partial charge in [0.25, 0.3) is 0 Å². The predicted molar refractivity (Wildman–Crippen MR) is 73.3 cm³/mol. The molecule has 1 aromatic rings. The van der Waals surface area contributed by atoms with Gasteiger partial charge < -0.3 is 9.47 Å². The summed E-state index contributed by atoms with van der Waals surface area (Å²) < 4.78 is 11.2. The molecule has 1 aromatic carbocycles. The van der Waals surface area contributed by atoms with Crippen LogP contribution < -0.4 is 4.74 Å². The first-order valence-corrected chi connectivity index (χ1v) is 6.58. The summed E-state index contributed by atoms with van der Waals surface area (Å²) in [6.07, 6.45) is -0.233. The fraction of sp³-hybridized carbons (Fsp3) is 0.533. The molecule has 1 fully saturated rings. The van der Waals surface area contributed by atoms with Gasteiger partial charge in [-0.15, -0.1) is 0 Å². The second-order valence-electron chi connectivity index (χ2n) is 5.84. The average molecular weight is 263 g/mol. The highest BCUT2D eigenvalue weighted by atomic mass is 16.6. The molecule has 1 aliphatic rings. The Labute approximate surface area is 114 Å². The van der Waals surface area contributed by atoms with Gasteiger partial charge in [0.1, 0.15) is 17.5 Å². The third kappa shape index (κ3) is 3.40. The van der Waals surface area contributed by atoms with Crippen LogP contribution in [0.2, 0.25) is 0 Å². The minimum Gasteiger partial charge on any atom is -0.486 e. The number of likely N-dealkylation sites (tertiary alicyclic amines) is 1. The maximum atomic E-state index is 11.9. The van der Waals surface area contributed by atoms with Crippen molar-refractivity contribution in [1.29, 1.82) is 0 Å². The number of carbonyl (C=O) groups excluding carboxylic acids is 1. The van der Waals surface area contributed by atoms with E-state index in [1.54, 1.807) is 4.90 Å². The van der Waals surface area contributed by atoms with Crippen molar-refractivity contribution < 1.29 is 14.3 Å². The average Bonchev–Trinajstić information content (AvgIpc) is 2.32. The van der Waals surface area contributed by atoms with E-state index in [9.17, 15) is 4.79 Å². The quantitative estimate of drug-likeness (QED) is 0.823. The lowest BCUT2D eigenvalue weighted by Gasteiger charge is -2.45. The number of hydrogen-bond donors (Lipinski definition) is 0. The number of para-hydroxylation sites is 1. The largest absolute Gasteiger partial charge is 0.486 e. The first-order chi connectivity index (χ1) is 8.87. The zero-order valence-electron chi connectivity index (χ0n) is 11.9. The smallest absolute Gasteiger partial charge is 0.410 e. The molecule has 0 aliphatic carbocycles. The summed E-state index contributed by atoms with van der Waals surface area (Å²) >= 11 is 0. The van der Waals surface area contributed by atoms with Crippen LogP contribution in [0.3, 0.4) is 0 Å². The first-order valence-electron chi connectivity index (χ1n) is 6.58. The molecule has 104 valence electrons. The summed E-state index contributed by atoms with van der Waals surface area (Å²) in [6, 6.07) is 9.69. The number of rotatable bonds is 2. The summed E-state index contributed by atoms with van der Waals surface area (Å²) in [5, 5.41) is 0. The first kappa shape index (κ1) is 13.7. The Bertz CT molecular complexity index is 438. The molecule has 0 saturated carbocycles. The van der Waals surface area contributed by atoms with Gasteiger partial charge in [-0.3, -0.25) is 4.90 Å². The van der Waals surface area contributed by atoms with E-state index in [1.165, 1.54) is 0 Å². The van der Waals surface area contributed by atoms with E-state index in [2.05, 4.69) is 0 Å². The summed E-state index contributed by atoms with van der Waals surface area (Å²) in [4.78, 5) is 13.6. The van der Waals surface area contributed by atoms with E-state index >= 15 is 0 Å². The standard InChI is InChI=1S/C15H21NO3/c1-11-13(18-12-8-6-5-7-9-12)10-16(11)14(17)19-15(2,3)4/h5-9,11,13H,10H2,1-4H3/t11-,13+/m0/s1. The molecule has 2 rings (SSSR count). The van der Waals surface area contributed by atoms with E-state index in [0.29, 0.717) is 6.54 Å². The van der Waals surface area contributed by atoms with Gasteiger partial charge in [-0.25, -0.2) is 4.79 Å². The zero-order valence-corrected chi connectivity index (χ0v) is 11.9. The molecule has 1 saturated heterocycles. The molecule has 1 aliphatic heterocycles. The van der Waals surface area contributed by atoms with Gasteiger partial charge in [-0.1, -0.05) is 18.2 Å². The SMILES string of the molecule is C[C@H]1[C@H](Oc2ccccc2)CN1C(=O)OC(C)(C)C. The van der Waals surface area contributed by atoms with Gasteiger partial charge in [0.2, 0.25) is 0 Å². The van der Waals surface area contributed by atoms with Gasteiger partial charge in [-0.05, 0) is 39.8 Å². The van der Waals surface area contributed by atoms with Crippen molar-refractivity contribution in [2.24, 2.45) is 0 Å².